The molecule has 0 bridgehead atoms. The molecule has 0 saturated heterocycles. The van der Waals surface area contributed by atoms with Crippen LogP contribution >= 0.6 is 0 Å². The Kier molecular flexibility index (Phi) is 5.42. The average molecular weight is 354 g/mol. The number of hydrogen-bond donors (Lipinski definition) is 2. The van der Waals surface area contributed by atoms with Gasteiger partial charge < -0.3 is 14.4 Å². The van der Waals surface area contributed by atoms with E-state index in [1.54, 1.807) is 0 Å². The molecular formula is C16H12F2O5S. The van der Waals surface area contributed by atoms with Crippen LogP contribution in [0.25, 0.3) is 6.08 Å². The van der Waals surface area contributed by atoms with Crippen molar-refractivity contribution in [2.24, 2.45) is 0 Å². The molecule has 5 nitrogen and oxygen atoms in total. The lowest BCUT2D eigenvalue weighted by atomic mass is 10.1. The fourth-order valence-corrected chi connectivity index (χ4v) is 2.18. The zero-order valence-corrected chi connectivity index (χ0v) is 13.1. The molecule has 0 aromatic heterocycles. The van der Waals surface area contributed by atoms with Crippen molar-refractivity contribution in [2.45, 2.75) is 11.8 Å². The normalized spacial score (nSPS) is 12.8. The molecule has 0 heterocycles. The Morgan fingerprint density at radius 2 is 1.71 bits per heavy atom. The molecule has 0 aliphatic rings. The van der Waals surface area contributed by atoms with Gasteiger partial charge in [0.25, 0.3) is 0 Å². The van der Waals surface area contributed by atoms with Crippen molar-refractivity contribution >= 4 is 23.1 Å². The van der Waals surface area contributed by atoms with Gasteiger partial charge in [-0.3, -0.25) is 0 Å². The number of ether oxygens (including phenoxy) is 1. The lowest BCUT2D eigenvalue weighted by molar-refractivity contribution is -0.132. The molecule has 0 aliphatic heterocycles. The van der Waals surface area contributed by atoms with Crippen molar-refractivity contribution in [1.82, 2.24) is 0 Å². The van der Waals surface area contributed by atoms with Gasteiger partial charge in [0.15, 0.2) is 28.5 Å². The second kappa shape index (κ2) is 7.33. The molecule has 1 atom stereocenters. The predicted molar refractivity (Wildman–Crippen MR) is 83.2 cm³/mol. The highest BCUT2D eigenvalue weighted by Crippen LogP contribution is 2.29. The van der Waals surface area contributed by atoms with Gasteiger partial charge in [0.05, 0.1) is 4.90 Å². The summed E-state index contributed by atoms with van der Waals surface area (Å²) < 4.78 is 52.9. The zero-order chi connectivity index (χ0) is 17.9. The number of carbonyl (C=O) groups is 1. The molecule has 2 aromatic carbocycles. The van der Waals surface area contributed by atoms with Crippen molar-refractivity contribution in [2.75, 3.05) is 0 Å². The topological polar surface area (TPSA) is 83.8 Å². The summed E-state index contributed by atoms with van der Waals surface area (Å²) in [5.41, 5.74) is -0.0293. The molecule has 24 heavy (non-hydrogen) atoms. The molecule has 2 N–H and O–H groups in total. The summed E-state index contributed by atoms with van der Waals surface area (Å²) in [5.74, 6) is -3.79. The molecule has 0 fully saturated rings. The van der Waals surface area contributed by atoms with Crippen LogP contribution in [-0.2, 0) is 15.9 Å². The van der Waals surface area contributed by atoms with Crippen molar-refractivity contribution in [3.8, 4) is 11.5 Å². The molecule has 126 valence electrons. The zero-order valence-electron chi connectivity index (χ0n) is 12.3. The Balaban J connectivity index is 2.30. The van der Waals surface area contributed by atoms with Crippen LogP contribution in [-0.4, -0.2) is 19.8 Å². The first-order chi connectivity index (χ1) is 11.3. The standard InChI is InChI=1S/C16H12F2O5S/c1-9(16(19)20)6-10-7-13(17)15(14(18)8-10)23-11-2-4-12(5-3-11)24(21)22/h2-8H,1H3,(H,19,20)(H,21,22)/b9-6+. The Hall–Kier alpha value is -2.58. The molecule has 0 spiro atoms. The Labute approximate surface area is 138 Å². The molecule has 0 aliphatic carbocycles. The first-order valence-corrected chi connectivity index (χ1v) is 7.68. The van der Waals surface area contributed by atoms with E-state index in [4.69, 9.17) is 14.4 Å². The summed E-state index contributed by atoms with van der Waals surface area (Å²) in [4.78, 5) is 10.9. The van der Waals surface area contributed by atoms with Gasteiger partial charge in [0.1, 0.15) is 5.75 Å². The highest BCUT2D eigenvalue weighted by molar-refractivity contribution is 7.79. The summed E-state index contributed by atoms with van der Waals surface area (Å²) in [7, 11) is 0. The van der Waals surface area contributed by atoms with Crippen LogP contribution in [0.15, 0.2) is 46.9 Å². The minimum absolute atomic E-state index is 0.0447. The largest absolute Gasteiger partial charge is 0.478 e. The number of carboxylic acid groups (broad SMARTS) is 1. The summed E-state index contributed by atoms with van der Waals surface area (Å²) in [5, 5.41) is 8.77. The van der Waals surface area contributed by atoms with E-state index < -0.39 is 34.4 Å². The second-order valence-corrected chi connectivity index (χ2v) is 5.74. The van der Waals surface area contributed by atoms with Crippen LogP contribution in [0, 0.1) is 11.6 Å². The van der Waals surface area contributed by atoms with E-state index in [2.05, 4.69) is 0 Å². The molecule has 2 rings (SSSR count). The van der Waals surface area contributed by atoms with Crippen molar-refractivity contribution in [3.05, 3.63) is 59.2 Å². The van der Waals surface area contributed by atoms with Crippen molar-refractivity contribution < 1.29 is 32.2 Å². The maximum atomic E-state index is 14.0. The number of aliphatic carboxylic acids is 1. The quantitative estimate of drug-likeness (QED) is 0.630. The summed E-state index contributed by atoms with van der Waals surface area (Å²) in [6, 6.07) is 7.06. The maximum Gasteiger partial charge on any atom is 0.331 e. The molecule has 0 radical (unpaired) electrons. The molecular weight excluding hydrogens is 342 g/mol. The van der Waals surface area contributed by atoms with Crippen LogP contribution in [0.4, 0.5) is 8.78 Å². The molecule has 8 heteroatoms. The molecule has 0 amide bonds. The Bertz CT molecular complexity index is 808. The van der Waals surface area contributed by atoms with Gasteiger partial charge in [0.2, 0.25) is 0 Å². The van der Waals surface area contributed by atoms with Crippen LogP contribution in [0.3, 0.4) is 0 Å². The summed E-state index contributed by atoms with van der Waals surface area (Å²) in [6.45, 7) is 1.30. The minimum Gasteiger partial charge on any atom is -0.478 e. The molecule has 2 aromatic rings. The van der Waals surface area contributed by atoms with E-state index in [0.717, 1.165) is 18.2 Å². The van der Waals surface area contributed by atoms with Crippen LogP contribution in [0.1, 0.15) is 12.5 Å². The number of rotatable bonds is 5. The smallest absolute Gasteiger partial charge is 0.331 e. The second-order valence-electron chi connectivity index (χ2n) is 4.77. The third-order valence-corrected chi connectivity index (χ3v) is 3.66. The van der Waals surface area contributed by atoms with Gasteiger partial charge in [-0.1, -0.05) is 0 Å². The Morgan fingerprint density at radius 1 is 1.17 bits per heavy atom. The number of benzene rings is 2. The lowest BCUT2D eigenvalue weighted by Gasteiger charge is -2.09. The maximum absolute atomic E-state index is 14.0. The van der Waals surface area contributed by atoms with Gasteiger partial charge in [-0.25, -0.2) is 17.8 Å². The van der Waals surface area contributed by atoms with Gasteiger partial charge >= 0.3 is 5.97 Å². The average Bonchev–Trinajstić information content (AvgIpc) is 2.51. The SMILES string of the molecule is C/C(=C\c1cc(F)c(Oc2ccc(S(=O)O)cc2)c(F)c1)C(=O)O. The summed E-state index contributed by atoms with van der Waals surface area (Å²) >= 11 is -2.16. The predicted octanol–water partition coefficient (Wildman–Crippen LogP) is 3.83. The fraction of sp³-hybridized carbons (Fsp3) is 0.0625. The van der Waals surface area contributed by atoms with E-state index in [1.165, 1.54) is 31.2 Å². The van der Waals surface area contributed by atoms with E-state index in [0.29, 0.717) is 0 Å². The van der Waals surface area contributed by atoms with Crippen molar-refractivity contribution in [3.63, 3.8) is 0 Å². The first kappa shape index (κ1) is 17.8. The van der Waals surface area contributed by atoms with Crippen molar-refractivity contribution in [1.29, 1.82) is 0 Å². The third-order valence-electron chi connectivity index (χ3n) is 2.99. The Morgan fingerprint density at radius 3 is 2.17 bits per heavy atom. The number of hydrogen-bond acceptors (Lipinski definition) is 3. The van der Waals surface area contributed by atoms with Crippen LogP contribution < -0.4 is 4.74 Å². The number of carboxylic acids is 1. The van der Waals surface area contributed by atoms with Crippen LogP contribution in [0.5, 0.6) is 11.5 Å². The lowest BCUT2D eigenvalue weighted by Crippen LogP contribution is -1.97. The minimum atomic E-state index is -2.16. The monoisotopic (exact) mass is 354 g/mol. The summed E-state index contributed by atoms with van der Waals surface area (Å²) in [6.07, 6.45) is 1.13. The van der Waals surface area contributed by atoms with E-state index in [-0.39, 0.29) is 21.8 Å². The highest BCUT2D eigenvalue weighted by atomic mass is 32.2. The van der Waals surface area contributed by atoms with E-state index >= 15 is 0 Å². The van der Waals surface area contributed by atoms with Crippen LogP contribution in [0.2, 0.25) is 0 Å². The fourth-order valence-electron chi connectivity index (χ4n) is 1.81. The first-order valence-electron chi connectivity index (χ1n) is 6.57. The number of halogens is 2. The van der Waals surface area contributed by atoms with E-state index in [1.807, 2.05) is 0 Å². The van der Waals surface area contributed by atoms with E-state index in [9.17, 15) is 17.8 Å². The van der Waals surface area contributed by atoms with Gasteiger partial charge in [0, 0.05) is 5.57 Å². The third kappa shape index (κ3) is 4.24. The van der Waals surface area contributed by atoms with Gasteiger partial charge in [-0.15, -0.1) is 0 Å². The molecule has 0 saturated carbocycles. The van der Waals surface area contributed by atoms with Gasteiger partial charge in [-0.05, 0) is 55.0 Å². The van der Waals surface area contributed by atoms with Gasteiger partial charge in [-0.2, -0.15) is 0 Å². The highest BCUT2D eigenvalue weighted by Gasteiger charge is 2.14. The molecule has 1 unspecified atom stereocenters.